The Hall–Kier alpha value is -1.09. The average molecular weight is 188 g/mol. The standard InChI is InChI=1S/C8H7ClFNO/c1-4-6(8(11)12)2-5(10)3-7(4)9/h2-3H,1H3,(H2,11,12). The molecule has 1 aromatic carbocycles. The van der Waals surface area contributed by atoms with Gasteiger partial charge in [0.15, 0.2) is 0 Å². The fourth-order valence-corrected chi connectivity index (χ4v) is 1.11. The number of primary amides is 1. The van der Waals surface area contributed by atoms with Gasteiger partial charge in [0.2, 0.25) is 5.91 Å². The Morgan fingerprint density at radius 2 is 2.17 bits per heavy atom. The van der Waals surface area contributed by atoms with Gasteiger partial charge in [0, 0.05) is 10.6 Å². The molecule has 0 atom stereocenters. The first-order chi connectivity index (χ1) is 5.52. The molecule has 1 rings (SSSR count). The third-order valence-corrected chi connectivity index (χ3v) is 1.97. The highest BCUT2D eigenvalue weighted by Crippen LogP contribution is 2.20. The number of carbonyl (C=O) groups excluding carboxylic acids is 1. The first-order valence-corrected chi connectivity index (χ1v) is 3.65. The Balaban J connectivity index is 3.37. The molecule has 2 N–H and O–H groups in total. The van der Waals surface area contributed by atoms with Crippen LogP contribution in [0, 0.1) is 12.7 Å². The van der Waals surface area contributed by atoms with E-state index in [-0.39, 0.29) is 10.6 Å². The molecule has 0 unspecified atom stereocenters. The summed E-state index contributed by atoms with van der Waals surface area (Å²) in [6.45, 7) is 1.61. The zero-order valence-electron chi connectivity index (χ0n) is 6.40. The number of hydrogen-bond acceptors (Lipinski definition) is 1. The Kier molecular flexibility index (Phi) is 2.33. The van der Waals surface area contributed by atoms with Gasteiger partial charge in [-0.2, -0.15) is 0 Å². The van der Waals surface area contributed by atoms with Crippen molar-refractivity contribution in [2.75, 3.05) is 0 Å². The molecule has 0 heterocycles. The highest BCUT2D eigenvalue weighted by atomic mass is 35.5. The molecule has 1 aromatic rings. The van der Waals surface area contributed by atoms with Gasteiger partial charge in [0.1, 0.15) is 5.82 Å². The fourth-order valence-electron chi connectivity index (χ4n) is 0.902. The minimum atomic E-state index is -0.672. The Morgan fingerprint density at radius 3 is 2.67 bits per heavy atom. The molecule has 0 bridgehead atoms. The van der Waals surface area contributed by atoms with Gasteiger partial charge in [0.05, 0.1) is 0 Å². The van der Waals surface area contributed by atoms with E-state index in [9.17, 15) is 9.18 Å². The molecule has 0 spiro atoms. The molecule has 1 amide bonds. The van der Waals surface area contributed by atoms with Crippen LogP contribution in [0.15, 0.2) is 12.1 Å². The topological polar surface area (TPSA) is 43.1 Å². The molecule has 0 aromatic heterocycles. The summed E-state index contributed by atoms with van der Waals surface area (Å²) in [5.74, 6) is -1.23. The van der Waals surface area contributed by atoms with Gasteiger partial charge in [0.25, 0.3) is 0 Å². The summed E-state index contributed by atoms with van der Waals surface area (Å²) >= 11 is 5.62. The Bertz CT molecular complexity index is 338. The smallest absolute Gasteiger partial charge is 0.249 e. The average Bonchev–Trinajstić information content (AvgIpc) is 1.96. The third kappa shape index (κ3) is 1.56. The van der Waals surface area contributed by atoms with Gasteiger partial charge in [-0.15, -0.1) is 0 Å². The first kappa shape index (κ1) is 9.00. The molecular weight excluding hydrogens is 181 g/mol. The van der Waals surface area contributed by atoms with Crippen molar-refractivity contribution in [2.24, 2.45) is 5.73 Å². The zero-order valence-corrected chi connectivity index (χ0v) is 7.15. The van der Waals surface area contributed by atoms with Crippen molar-refractivity contribution in [1.29, 1.82) is 0 Å². The molecule has 4 heteroatoms. The maximum absolute atomic E-state index is 12.7. The van der Waals surface area contributed by atoms with E-state index in [0.29, 0.717) is 5.56 Å². The summed E-state index contributed by atoms with van der Waals surface area (Å²) in [4.78, 5) is 10.7. The highest BCUT2D eigenvalue weighted by Gasteiger charge is 2.09. The molecule has 64 valence electrons. The van der Waals surface area contributed by atoms with Crippen LogP contribution in [0.2, 0.25) is 5.02 Å². The van der Waals surface area contributed by atoms with E-state index in [2.05, 4.69) is 0 Å². The number of amides is 1. The number of benzene rings is 1. The summed E-state index contributed by atoms with van der Waals surface area (Å²) in [5, 5.41) is 0.212. The predicted octanol–water partition coefficient (Wildman–Crippen LogP) is 1.89. The van der Waals surface area contributed by atoms with Gasteiger partial charge in [-0.25, -0.2) is 4.39 Å². The second-order valence-corrected chi connectivity index (χ2v) is 2.83. The number of halogens is 2. The van der Waals surface area contributed by atoms with Gasteiger partial charge < -0.3 is 5.73 Å². The maximum Gasteiger partial charge on any atom is 0.249 e. The quantitative estimate of drug-likeness (QED) is 0.717. The van der Waals surface area contributed by atoms with Crippen LogP contribution in [0.1, 0.15) is 15.9 Å². The number of carbonyl (C=O) groups is 1. The van der Waals surface area contributed by atoms with E-state index < -0.39 is 11.7 Å². The van der Waals surface area contributed by atoms with Crippen LogP contribution in [0.4, 0.5) is 4.39 Å². The van der Waals surface area contributed by atoms with Crippen molar-refractivity contribution in [3.05, 3.63) is 34.1 Å². The van der Waals surface area contributed by atoms with Crippen LogP contribution in [0.3, 0.4) is 0 Å². The minimum absolute atomic E-state index is 0.125. The molecule has 0 aliphatic rings. The van der Waals surface area contributed by atoms with Crippen molar-refractivity contribution >= 4 is 17.5 Å². The number of hydrogen-bond donors (Lipinski definition) is 1. The Labute approximate surface area is 74.1 Å². The van der Waals surface area contributed by atoms with Crippen LogP contribution >= 0.6 is 11.6 Å². The summed E-state index contributed by atoms with van der Waals surface area (Å²) < 4.78 is 12.7. The minimum Gasteiger partial charge on any atom is -0.366 e. The molecular formula is C8H7ClFNO. The first-order valence-electron chi connectivity index (χ1n) is 3.28. The molecule has 0 radical (unpaired) electrons. The van der Waals surface area contributed by atoms with Gasteiger partial charge in [-0.1, -0.05) is 11.6 Å². The van der Waals surface area contributed by atoms with E-state index in [4.69, 9.17) is 17.3 Å². The normalized spacial score (nSPS) is 9.92. The van der Waals surface area contributed by atoms with Gasteiger partial charge >= 0.3 is 0 Å². The third-order valence-electron chi connectivity index (χ3n) is 1.57. The molecule has 0 saturated heterocycles. The van der Waals surface area contributed by atoms with Gasteiger partial charge in [-0.3, -0.25) is 4.79 Å². The van der Waals surface area contributed by atoms with Gasteiger partial charge in [-0.05, 0) is 24.6 Å². The number of rotatable bonds is 1. The van der Waals surface area contributed by atoms with Crippen molar-refractivity contribution in [1.82, 2.24) is 0 Å². The zero-order chi connectivity index (χ0) is 9.30. The summed E-state index contributed by atoms with van der Waals surface area (Å²) in [6.07, 6.45) is 0. The number of nitrogens with two attached hydrogens (primary N) is 1. The molecule has 12 heavy (non-hydrogen) atoms. The second kappa shape index (κ2) is 3.11. The maximum atomic E-state index is 12.7. The summed E-state index contributed by atoms with van der Waals surface area (Å²) in [7, 11) is 0. The molecule has 0 aliphatic heterocycles. The predicted molar refractivity (Wildman–Crippen MR) is 44.7 cm³/mol. The van der Waals surface area contributed by atoms with Crippen LogP contribution in [0.5, 0.6) is 0 Å². The van der Waals surface area contributed by atoms with E-state index in [1.807, 2.05) is 0 Å². The molecule has 2 nitrogen and oxygen atoms in total. The monoisotopic (exact) mass is 187 g/mol. The lowest BCUT2D eigenvalue weighted by Gasteiger charge is -2.03. The second-order valence-electron chi connectivity index (χ2n) is 2.42. The molecule has 0 fully saturated rings. The largest absolute Gasteiger partial charge is 0.366 e. The lowest BCUT2D eigenvalue weighted by Crippen LogP contribution is -2.13. The summed E-state index contributed by atoms with van der Waals surface area (Å²) in [6, 6.07) is 2.22. The van der Waals surface area contributed by atoms with Crippen molar-refractivity contribution in [2.45, 2.75) is 6.92 Å². The van der Waals surface area contributed by atoms with E-state index in [0.717, 1.165) is 12.1 Å². The highest BCUT2D eigenvalue weighted by molar-refractivity contribution is 6.31. The lowest BCUT2D eigenvalue weighted by molar-refractivity contribution is 0.0999. The van der Waals surface area contributed by atoms with Crippen molar-refractivity contribution in [3.8, 4) is 0 Å². The SMILES string of the molecule is Cc1c(Cl)cc(F)cc1C(N)=O. The Morgan fingerprint density at radius 1 is 1.58 bits per heavy atom. The lowest BCUT2D eigenvalue weighted by atomic mass is 10.1. The van der Waals surface area contributed by atoms with Crippen LogP contribution < -0.4 is 5.73 Å². The van der Waals surface area contributed by atoms with Crippen LogP contribution in [-0.2, 0) is 0 Å². The van der Waals surface area contributed by atoms with Crippen LogP contribution in [-0.4, -0.2) is 5.91 Å². The van der Waals surface area contributed by atoms with Crippen LogP contribution in [0.25, 0.3) is 0 Å². The van der Waals surface area contributed by atoms with E-state index in [1.165, 1.54) is 0 Å². The van der Waals surface area contributed by atoms with E-state index in [1.54, 1.807) is 6.92 Å². The van der Waals surface area contributed by atoms with Crippen molar-refractivity contribution < 1.29 is 9.18 Å². The fraction of sp³-hybridized carbons (Fsp3) is 0.125. The molecule has 0 aliphatic carbocycles. The van der Waals surface area contributed by atoms with E-state index >= 15 is 0 Å². The molecule has 0 saturated carbocycles. The van der Waals surface area contributed by atoms with Crippen molar-refractivity contribution in [3.63, 3.8) is 0 Å². The summed E-state index contributed by atoms with van der Waals surface area (Å²) in [5.41, 5.74) is 5.62.